The molecule has 10 heteroatoms. The van der Waals surface area contributed by atoms with E-state index >= 15 is 0 Å². The van der Waals surface area contributed by atoms with Crippen LogP contribution in [0.25, 0.3) is 23.5 Å². The summed E-state index contributed by atoms with van der Waals surface area (Å²) >= 11 is 0. The molecule has 112 heavy (non-hydrogen) atoms. The maximum atomic E-state index is 10.6. The number of imidazole rings is 1. The zero-order valence-corrected chi connectivity index (χ0v) is 64.5. The summed E-state index contributed by atoms with van der Waals surface area (Å²) in [6, 6.07) is 107. The zero-order chi connectivity index (χ0) is 77.3. The van der Waals surface area contributed by atoms with Gasteiger partial charge in [-0.3, -0.25) is 0 Å². The standard InChI is InChI=1S/C102H91N2O8/c1-11-103-64(3)65(4)104(12-2)96(103)57-66-13-19-77(20-14-66)101-90-55-39-80(98(70-23-17-68(63-106)18-24-70)72-27-43-83(108-6)44-28-72)60-94(90)102(95-61-81(40-56-91(95)101)100(75-33-49-86(111-9)50-34-75)76-35-51-87(112-10)52-36-76)92-58-78(97(69-21-15-67(62-105)16-22-69)71-25-41-82(107-5)42-26-71)37-53-88(92)89-54-38-79(59-93(89)102)99(73-29-45-84(109-7)46-30-73)74-31-47-85(110-8)48-32-74/h11-56,58-61,97-101,105-106H,1-2,57,62-63H2,3-10H3/q+1. The Balaban J connectivity index is 1.06. The van der Waals surface area contributed by atoms with E-state index in [9.17, 15) is 10.2 Å². The lowest BCUT2D eigenvalue weighted by Gasteiger charge is -2.45. The Bertz CT molecular complexity index is 5230. The Kier molecular flexibility index (Phi) is 20.5. The molecule has 4 unspecified atom stereocenters. The summed E-state index contributed by atoms with van der Waals surface area (Å²) < 4.78 is 39.6. The second kappa shape index (κ2) is 31.3. The van der Waals surface area contributed by atoms with E-state index in [2.05, 4.69) is 303 Å². The second-order valence-corrected chi connectivity index (χ2v) is 29.3. The summed E-state index contributed by atoms with van der Waals surface area (Å²) in [7, 11) is 10.3. The predicted molar refractivity (Wildman–Crippen MR) is 447 cm³/mol. The molecule has 2 aliphatic rings. The summed E-state index contributed by atoms with van der Waals surface area (Å²) in [6.45, 7) is 12.6. The van der Waals surface area contributed by atoms with E-state index in [1.807, 2.05) is 36.7 Å². The van der Waals surface area contributed by atoms with Crippen molar-refractivity contribution in [2.75, 3.05) is 42.7 Å². The number of rotatable bonds is 25. The topological polar surface area (TPSA) is 105 Å². The molecule has 16 rings (SSSR count). The van der Waals surface area contributed by atoms with Crippen molar-refractivity contribution in [2.45, 2.75) is 68.5 Å². The summed E-state index contributed by atoms with van der Waals surface area (Å²) in [4.78, 5) is 0. The largest absolute Gasteiger partial charge is 0.497 e. The lowest BCUT2D eigenvalue weighted by atomic mass is 9.57. The molecule has 1 heterocycles. The fourth-order valence-electron chi connectivity index (χ4n) is 17.9. The molecule has 2 aliphatic carbocycles. The van der Waals surface area contributed by atoms with Gasteiger partial charge in [0.15, 0.2) is 0 Å². The molecule has 4 atom stereocenters. The van der Waals surface area contributed by atoms with E-state index in [1.54, 1.807) is 42.7 Å². The molecule has 0 amide bonds. The lowest BCUT2D eigenvalue weighted by molar-refractivity contribution is -0.582. The van der Waals surface area contributed by atoms with Gasteiger partial charge in [0.05, 0.1) is 80.1 Å². The molecule has 0 fully saturated rings. The average Bonchev–Trinajstić information content (AvgIpc) is 1.43. The lowest BCUT2D eigenvalue weighted by Crippen LogP contribution is -2.37. The highest BCUT2D eigenvalue weighted by Crippen LogP contribution is 2.64. The van der Waals surface area contributed by atoms with Crippen LogP contribution in [0.1, 0.15) is 169 Å². The minimum atomic E-state index is -1.10. The van der Waals surface area contributed by atoms with Crippen LogP contribution < -0.4 is 33.0 Å². The molecule has 0 saturated heterocycles. The number of ether oxygens (including phenoxy) is 6. The van der Waals surface area contributed by atoms with Crippen molar-refractivity contribution in [3.63, 3.8) is 0 Å². The van der Waals surface area contributed by atoms with Gasteiger partial charge in [0.25, 0.3) is 5.82 Å². The van der Waals surface area contributed by atoms with Gasteiger partial charge in [0.1, 0.15) is 45.9 Å². The highest BCUT2D eigenvalue weighted by Gasteiger charge is 2.53. The first kappa shape index (κ1) is 73.4. The van der Waals surface area contributed by atoms with Crippen LogP contribution in [0.5, 0.6) is 34.5 Å². The summed E-state index contributed by atoms with van der Waals surface area (Å²) in [5.74, 6) is 4.26. The van der Waals surface area contributed by atoms with Gasteiger partial charge in [-0.2, -0.15) is 0 Å². The smallest absolute Gasteiger partial charge is 0.270 e. The molecule has 0 bridgehead atoms. The Morgan fingerprint density at radius 1 is 0.348 bits per heavy atom. The number of fused-ring (bicyclic) bond motifs is 9. The quantitative estimate of drug-likeness (QED) is 0.0431. The van der Waals surface area contributed by atoms with Gasteiger partial charge in [-0.1, -0.05) is 232 Å². The van der Waals surface area contributed by atoms with Gasteiger partial charge >= 0.3 is 0 Å². The minimum Gasteiger partial charge on any atom is -0.497 e. The second-order valence-electron chi connectivity index (χ2n) is 29.3. The number of hydrogen-bond acceptors (Lipinski definition) is 8. The third kappa shape index (κ3) is 13.2. The van der Waals surface area contributed by atoms with Crippen LogP contribution in [-0.2, 0) is 25.0 Å². The summed E-state index contributed by atoms with van der Waals surface area (Å²) in [5, 5.41) is 21.2. The molecule has 14 aromatic rings. The van der Waals surface area contributed by atoms with Gasteiger partial charge in [0, 0.05) is 43.4 Å². The van der Waals surface area contributed by atoms with Crippen molar-refractivity contribution < 1.29 is 43.2 Å². The molecule has 1 aromatic heterocycles. The van der Waals surface area contributed by atoms with Crippen molar-refractivity contribution in [3.05, 3.63) is 444 Å². The molecular formula is C102H91N2O8+. The average molecular weight is 1470 g/mol. The third-order valence-corrected chi connectivity index (χ3v) is 23.6. The van der Waals surface area contributed by atoms with E-state index in [4.69, 9.17) is 28.4 Å². The first-order valence-electron chi connectivity index (χ1n) is 38.1. The zero-order valence-electron chi connectivity index (χ0n) is 64.5. The highest BCUT2D eigenvalue weighted by atomic mass is 16.5. The predicted octanol–water partition coefficient (Wildman–Crippen LogP) is 20.8. The van der Waals surface area contributed by atoms with Crippen LogP contribution >= 0.6 is 0 Å². The Morgan fingerprint density at radius 2 is 0.616 bits per heavy atom. The van der Waals surface area contributed by atoms with E-state index in [0.717, 1.165) is 174 Å². The first-order valence-corrected chi connectivity index (χ1v) is 38.1. The van der Waals surface area contributed by atoms with E-state index in [-0.39, 0.29) is 42.8 Å². The van der Waals surface area contributed by atoms with Crippen molar-refractivity contribution >= 4 is 12.4 Å². The Hall–Kier alpha value is -12.7. The van der Waals surface area contributed by atoms with Gasteiger partial charge < -0.3 is 38.6 Å². The van der Waals surface area contributed by atoms with E-state index < -0.39 is 5.41 Å². The number of benzene rings is 13. The van der Waals surface area contributed by atoms with Crippen molar-refractivity contribution in [3.8, 4) is 45.6 Å². The van der Waals surface area contributed by atoms with Crippen molar-refractivity contribution in [1.82, 2.24) is 4.57 Å². The first-order chi connectivity index (χ1) is 54.8. The number of nitrogens with zero attached hydrogens (tertiary/aromatic N) is 2. The maximum Gasteiger partial charge on any atom is 0.270 e. The Labute approximate surface area is 657 Å². The highest BCUT2D eigenvalue weighted by molar-refractivity contribution is 5.90. The minimum absolute atomic E-state index is 0.0778. The van der Waals surface area contributed by atoms with Gasteiger partial charge in [0.2, 0.25) is 0 Å². The molecule has 556 valence electrons. The van der Waals surface area contributed by atoms with E-state index in [1.165, 1.54) is 11.1 Å². The van der Waals surface area contributed by atoms with Gasteiger partial charge in [-0.15, -0.1) is 0 Å². The van der Waals surface area contributed by atoms with E-state index in [0.29, 0.717) is 6.42 Å². The molecule has 1 spiro atoms. The summed E-state index contributed by atoms with van der Waals surface area (Å²) in [5.41, 5.74) is 27.3. The molecule has 0 saturated carbocycles. The maximum absolute atomic E-state index is 10.6. The van der Waals surface area contributed by atoms with Gasteiger partial charge in [-0.05, 0) is 206 Å². The molecule has 0 radical (unpaired) electrons. The fourth-order valence-corrected chi connectivity index (χ4v) is 17.9. The van der Waals surface area contributed by atoms with Crippen LogP contribution in [-0.4, -0.2) is 57.4 Å². The third-order valence-electron chi connectivity index (χ3n) is 23.6. The normalized spacial score (nSPS) is 14.4. The number of aliphatic hydroxyl groups excluding tert-OH is 2. The van der Waals surface area contributed by atoms with Crippen LogP contribution in [0.15, 0.2) is 304 Å². The monoisotopic (exact) mass is 1470 g/mol. The van der Waals surface area contributed by atoms with Crippen LogP contribution in [0.4, 0.5) is 0 Å². The molecular weight excluding hydrogens is 1380 g/mol. The summed E-state index contributed by atoms with van der Waals surface area (Å²) in [6.07, 6.45) is 4.44. The number of aliphatic hydroxyl groups is 2. The molecule has 2 N–H and O–H groups in total. The van der Waals surface area contributed by atoms with Crippen molar-refractivity contribution in [2.24, 2.45) is 0 Å². The van der Waals surface area contributed by atoms with Crippen LogP contribution in [0.3, 0.4) is 0 Å². The molecule has 0 aliphatic heterocycles. The SMILES string of the molecule is C=Cn1c(C)c(C)[n+](C=C)c1Cc1ccc(C2c3ccc(C(c4ccc(CO)cc4)c4ccc(OC)cc4)cc3C3(c4cc(C(c5ccc(CO)cc5)c5ccc(OC)cc5)ccc4-c4ccc(C(c5ccc(OC)cc5)c5ccc(OC)cc5)cc43)c3cc(C(c4ccc(OC)cc4)c4ccc(OC)cc4)ccc32)cc1. The number of methoxy groups -OCH3 is 6. The molecule has 13 aromatic carbocycles. The van der Waals surface area contributed by atoms with Crippen LogP contribution in [0.2, 0.25) is 0 Å². The fraction of sp³-hybridized carbons (Fsp3) is 0.167. The molecule has 10 nitrogen and oxygen atoms in total. The van der Waals surface area contributed by atoms with Gasteiger partial charge in [-0.25, -0.2) is 9.13 Å². The number of aromatic nitrogens is 2. The van der Waals surface area contributed by atoms with Crippen molar-refractivity contribution in [1.29, 1.82) is 0 Å². The Morgan fingerprint density at radius 3 is 0.893 bits per heavy atom. The number of hydrogen-bond donors (Lipinski definition) is 2. The van der Waals surface area contributed by atoms with Crippen LogP contribution in [0, 0.1) is 13.8 Å².